The minimum Gasteiger partial charge on any atom is -0.497 e. The van der Waals surface area contributed by atoms with E-state index < -0.39 is 11.6 Å². The van der Waals surface area contributed by atoms with Gasteiger partial charge in [0.25, 0.3) is 0 Å². The van der Waals surface area contributed by atoms with Crippen molar-refractivity contribution in [1.29, 1.82) is 5.26 Å². The summed E-state index contributed by atoms with van der Waals surface area (Å²) in [5, 5.41) is 9.94. The first-order valence-electron chi connectivity index (χ1n) is 7.19. The van der Waals surface area contributed by atoms with E-state index in [1.54, 1.807) is 31.4 Å². The number of rotatable bonds is 4. The van der Waals surface area contributed by atoms with Crippen molar-refractivity contribution in [3.63, 3.8) is 0 Å². The van der Waals surface area contributed by atoms with Crippen molar-refractivity contribution >= 4 is 22.8 Å². The number of carbonyl (C=O) groups excluding carboxylic acids is 1. The average Bonchev–Trinajstić information content (AvgIpc) is 3.02. The summed E-state index contributed by atoms with van der Waals surface area (Å²) in [7, 11) is 1.55. The monoisotopic (exact) mass is 320 g/mol. The number of fused-ring (bicyclic) bond motifs is 1. The highest BCUT2D eigenvalue weighted by Crippen LogP contribution is 2.23. The van der Waals surface area contributed by atoms with Gasteiger partial charge in [0.2, 0.25) is 5.78 Å². The van der Waals surface area contributed by atoms with E-state index in [1.165, 1.54) is 30.5 Å². The Hall–Kier alpha value is -3.39. The molecule has 1 aromatic heterocycles. The minimum atomic E-state index is -0.418. The fourth-order valence-electron chi connectivity index (χ4n) is 2.48. The number of hydrogen-bond donors (Lipinski definition) is 1. The summed E-state index contributed by atoms with van der Waals surface area (Å²) in [6.07, 6.45) is 3.00. The number of ether oxygens (including phenoxy) is 1. The van der Waals surface area contributed by atoms with Crippen molar-refractivity contribution in [2.45, 2.75) is 0 Å². The van der Waals surface area contributed by atoms with E-state index in [1.807, 2.05) is 6.07 Å². The number of Topliss-reactive ketones (excluding diaryl/α,β-unsaturated/α-hetero) is 1. The fraction of sp³-hybridized carbons (Fsp3) is 0.0526. The number of methoxy groups -OCH3 is 1. The third kappa shape index (κ3) is 2.90. The number of nitrogens with zero attached hydrogens (tertiary/aromatic N) is 1. The zero-order valence-corrected chi connectivity index (χ0v) is 12.8. The summed E-state index contributed by atoms with van der Waals surface area (Å²) in [4.78, 5) is 15.5. The van der Waals surface area contributed by atoms with Crippen LogP contribution in [0.25, 0.3) is 17.0 Å². The highest BCUT2D eigenvalue weighted by molar-refractivity contribution is 6.19. The normalized spacial score (nSPS) is 11.3. The number of nitrogens with one attached hydrogen (secondary N) is 1. The lowest BCUT2D eigenvalue weighted by Gasteiger charge is -2.02. The quantitative estimate of drug-likeness (QED) is 0.447. The standard InChI is InChI=1S/C19H13FN2O2/c1-24-15-4-2-3-12(8-15)7-13(10-21)19(23)17-11-22-18-9-14(20)5-6-16(17)18/h2-9,11,22H,1H3/b13-7-. The van der Waals surface area contributed by atoms with E-state index in [-0.39, 0.29) is 5.57 Å². The van der Waals surface area contributed by atoms with Crippen LogP contribution >= 0.6 is 0 Å². The van der Waals surface area contributed by atoms with Crippen LogP contribution in [0.2, 0.25) is 0 Å². The van der Waals surface area contributed by atoms with Gasteiger partial charge < -0.3 is 9.72 Å². The molecule has 0 amide bonds. The largest absolute Gasteiger partial charge is 0.497 e. The van der Waals surface area contributed by atoms with Gasteiger partial charge in [-0.2, -0.15) is 5.26 Å². The maximum absolute atomic E-state index is 13.3. The number of carbonyl (C=O) groups is 1. The van der Waals surface area contributed by atoms with E-state index in [4.69, 9.17) is 4.74 Å². The van der Waals surface area contributed by atoms with Gasteiger partial charge in [-0.05, 0) is 42.0 Å². The Bertz CT molecular complexity index is 996. The average molecular weight is 320 g/mol. The number of allylic oxidation sites excluding steroid dienone is 1. The number of ketones is 1. The van der Waals surface area contributed by atoms with Gasteiger partial charge in [0.15, 0.2) is 0 Å². The van der Waals surface area contributed by atoms with Gasteiger partial charge in [0.05, 0.1) is 7.11 Å². The van der Waals surface area contributed by atoms with Crippen molar-refractivity contribution in [3.05, 3.63) is 71.2 Å². The molecule has 1 N–H and O–H groups in total. The van der Waals surface area contributed by atoms with Crippen molar-refractivity contribution in [3.8, 4) is 11.8 Å². The molecule has 3 aromatic rings. The van der Waals surface area contributed by atoms with Crippen LogP contribution in [0.5, 0.6) is 5.75 Å². The van der Waals surface area contributed by atoms with E-state index in [9.17, 15) is 14.4 Å². The minimum absolute atomic E-state index is 0.00604. The van der Waals surface area contributed by atoms with Gasteiger partial charge >= 0.3 is 0 Å². The molecule has 0 aliphatic rings. The number of benzene rings is 2. The van der Waals surface area contributed by atoms with E-state index in [0.717, 1.165) is 0 Å². The maximum atomic E-state index is 13.3. The van der Waals surface area contributed by atoms with Gasteiger partial charge in [-0.15, -0.1) is 0 Å². The summed E-state index contributed by atoms with van der Waals surface area (Å²) in [5.74, 6) is -0.176. The molecular formula is C19H13FN2O2. The van der Waals surface area contributed by atoms with E-state index in [2.05, 4.69) is 4.98 Å². The van der Waals surface area contributed by atoms with Crippen molar-refractivity contribution < 1.29 is 13.9 Å². The number of hydrogen-bond acceptors (Lipinski definition) is 3. The van der Waals surface area contributed by atoms with E-state index in [0.29, 0.717) is 27.8 Å². The Morgan fingerprint density at radius 2 is 2.12 bits per heavy atom. The predicted molar refractivity (Wildman–Crippen MR) is 89.2 cm³/mol. The number of aromatic amines is 1. The molecule has 0 unspecified atom stereocenters. The molecule has 0 spiro atoms. The van der Waals surface area contributed by atoms with Gasteiger partial charge in [0, 0.05) is 22.7 Å². The second kappa shape index (κ2) is 6.39. The topological polar surface area (TPSA) is 65.9 Å². The molecule has 24 heavy (non-hydrogen) atoms. The molecule has 118 valence electrons. The van der Waals surface area contributed by atoms with Crippen LogP contribution < -0.4 is 4.74 Å². The van der Waals surface area contributed by atoms with Gasteiger partial charge in [-0.25, -0.2) is 4.39 Å². The van der Waals surface area contributed by atoms with Gasteiger partial charge in [-0.3, -0.25) is 4.79 Å². The predicted octanol–water partition coefficient (Wildman–Crippen LogP) is 4.11. The van der Waals surface area contributed by atoms with E-state index >= 15 is 0 Å². The first-order chi connectivity index (χ1) is 11.6. The molecule has 0 atom stereocenters. The van der Waals surface area contributed by atoms with Crippen LogP contribution in [0.3, 0.4) is 0 Å². The zero-order valence-electron chi connectivity index (χ0n) is 12.8. The van der Waals surface area contributed by atoms with Gasteiger partial charge in [0.1, 0.15) is 23.2 Å². The summed E-state index contributed by atoms with van der Waals surface area (Å²) in [5.41, 5.74) is 1.52. The second-order valence-corrected chi connectivity index (χ2v) is 5.17. The third-order valence-electron chi connectivity index (χ3n) is 3.66. The van der Waals surface area contributed by atoms with Crippen LogP contribution in [-0.2, 0) is 0 Å². The lowest BCUT2D eigenvalue weighted by Crippen LogP contribution is -2.01. The Labute approximate surface area is 137 Å². The Balaban J connectivity index is 2.02. The molecule has 4 nitrogen and oxygen atoms in total. The summed E-state index contributed by atoms with van der Waals surface area (Å²) in [6, 6.07) is 13.1. The lowest BCUT2D eigenvalue weighted by atomic mass is 10.0. The molecule has 3 rings (SSSR count). The molecule has 0 saturated heterocycles. The highest BCUT2D eigenvalue weighted by Gasteiger charge is 2.17. The number of nitriles is 1. The highest BCUT2D eigenvalue weighted by atomic mass is 19.1. The zero-order chi connectivity index (χ0) is 17.1. The molecule has 0 aliphatic heterocycles. The summed E-state index contributed by atoms with van der Waals surface area (Å²) >= 11 is 0. The molecule has 0 saturated carbocycles. The SMILES string of the molecule is COc1cccc(/C=C(/C#N)C(=O)c2c[nH]c3cc(F)ccc23)c1. The molecule has 5 heteroatoms. The van der Waals surface area contributed by atoms with Crippen LogP contribution in [0.15, 0.2) is 54.2 Å². The molecule has 2 aromatic carbocycles. The second-order valence-electron chi connectivity index (χ2n) is 5.17. The van der Waals surface area contributed by atoms with Crippen LogP contribution in [0, 0.1) is 17.1 Å². The Morgan fingerprint density at radius 3 is 2.88 bits per heavy atom. The Morgan fingerprint density at radius 1 is 1.29 bits per heavy atom. The first kappa shape index (κ1) is 15.5. The molecule has 1 heterocycles. The summed E-state index contributed by atoms with van der Waals surface area (Å²) in [6.45, 7) is 0. The molecule has 0 radical (unpaired) electrons. The van der Waals surface area contributed by atoms with Crippen LogP contribution in [0.4, 0.5) is 4.39 Å². The molecular weight excluding hydrogens is 307 g/mol. The number of aromatic nitrogens is 1. The molecule has 0 fully saturated rings. The maximum Gasteiger partial charge on any atom is 0.205 e. The third-order valence-corrected chi connectivity index (χ3v) is 3.66. The van der Waals surface area contributed by atoms with Crippen molar-refractivity contribution in [1.82, 2.24) is 4.98 Å². The lowest BCUT2D eigenvalue weighted by molar-refractivity contribution is 0.104. The van der Waals surface area contributed by atoms with Crippen LogP contribution in [-0.4, -0.2) is 17.9 Å². The smallest absolute Gasteiger partial charge is 0.205 e. The fourth-order valence-corrected chi connectivity index (χ4v) is 2.48. The Kier molecular flexibility index (Phi) is 4.13. The first-order valence-corrected chi connectivity index (χ1v) is 7.19. The number of halogens is 1. The van der Waals surface area contributed by atoms with Crippen molar-refractivity contribution in [2.75, 3.05) is 7.11 Å². The molecule has 0 aliphatic carbocycles. The molecule has 0 bridgehead atoms. The van der Waals surface area contributed by atoms with Gasteiger partial charge in [-0.1, -0.05) is 12.1 Å². The van der Waals surface area contributed by atoms with Crippen LogP contribution in [0.1, 0.15) is 15.9 Å². The van der Waals surface area contributed by atoms with Crippen molar-refractivity contribution in [2.24, 2.45) is 0 Å². The number of H-pyrrole nitrogens is 1. The summed E-state index contributed by atoms with van der Waals surface area (Å²) < 4.78 is 18.4.